The number of carbonyl (C=O) groups excluding carboxylic acids is 3. The fourth-order valence-electron chi connectivity index (χ4n) is 2.19. The van der Waals surface area contributed by atoms with Crippen molar-refractivity contribution in [3.05, 3.63) is 71.8 Å². The van der Waals surface area contributed by atoms with Gasteiger partial charge in [0.1, 0.15) is 5.75 Å². The van der Waals surface area contributed by atoms with E-state index in [1.165, 1.54) is 31.4 Å². The predicted molar refractivity (Wildman–Crippen MR) is 99.5 cm³/mol. The number of rotatable bonds is 8. The Morgan fingerprint density at radius 2 is 1.68 bits per heavy atom. The van der Waals surface area contributed by atoms with Gasteiger partial charge in [-0.15, -0.1) is 0 Å². The number of methoxy groups -OCH3 is 1. The summed E-state index contributed by atoms with van der Waals surface area (Å²) in [6.45, 7) is -0.447. The molecule has 8 nitrogen and oxygen atoms in total. The Balaban J connectivity index is 1.93. The largest absolute Gasteiger partial charge is 0.496 e. The van der Waals surface area contributed by atoms with Crippen molar-refractivity contribution in [1.82, 2.24) is 0 Å². The Kier molecular flexibility index (Phi) is 7.04. The van der Waals surface area contributed by atoms with Crippen LogP contribution in [0.25, 0.3) is 0 Å². The van der Waals surface area contributed by atoms with Crippen molar-refractivity contribution in [2.75, 3.05) is 19.0 Å². The number of para-hydroxylation sites is 1. The van der Waals surface area contributed by atoms with E-state index < -0.39 is 30.2 Å². The summed E-state index contributed by atoms with van der Waals surface area (Å²) >= 11 is 0. The molecule has 0 aromatic heterocycles. The summed E-state index contributed by atoms with van der Waals surface area (Å²) in [7, 11) is 1.44. The molecule has 1 amide bonds. The van der Waals surface area contributed by atoms with Gasteiger partial charge in [0.05, 0.1) is 18.2 Å². The van der Waals surface area contributed by atoms with Gasteiger partial charge in [-0.25, -0.2) is 9.59 Å². The molecule has 2 N–H and O–H groups in total. The van der Waals surface area contributed by atoms with Crippen LogP contribution in [0.3, 0.4) is 0 Å². The molecule has 0 heterocycles. The predicted octanol–water partition coefficient (Wildman–Crippen LogP) is 2.31. The number of hydrogen-bond acceptors (Lipinski definition) is 6. The molecule has 2 aromatic rings. The number of carbonyl (C=O) groups is 4. The lowest BCUT2D eigenvalue weighted by molar-refractivity contribution is -0.131. The first-order valence-corrected chi connectivity index (χ1v) is 8.06. The smallest absolute Gasteiger partial charge is 0.338 e. The summed E-state index contributed by atoms with van der Waals surface area (Å²) in [5, 5.41) is 10.9. The number of anilines is 1. The third kappa shape index (κ3) is 5.80. The van der Waals surface area contributed by atoms with E-state index in [2.05, 4.69) is 5.32 Å². The Morgan fingerprint density at radius 1 is 1.00 bits per heavy atom. The molecule has 0 saturated carbocycles. The number of Topliss-reactive ketones (excluding diaryl/α,β-unsaturated/α-hetero) is 1. The maximum Gasteiger partial charge on any atom is 0.338 e. The first kappa shape index (κ1) is 20.4. The van der Waals surface area contributed by atoms with Gasteiger partial charge in [-0.1, -0.05) is 12.1 Å². The molecule has 28 heavy (non-hydrogen) atoms. The van der Waals surface area contributed by atoms with Crippen LogP contribution in [0.15, 0.2) is 60.7 Å². The molecule has 8 heteroatoms. The summed E-state index contributed by atoms with van der Waals surface area (Å²) < 4.78 is 10.1. The van der Waals surface area contributed by atoms with Crippen LogP contribution >= 0.6 is 0 Å². The Morgan fingerprint density at radius 3 is 2.32 bits per heavy atom. The summed E-state index contributed by atoms with van der Waals surface area (Å²) in [5.41, 5.74) is 0.860. The Bertz CT molecular complexity index is 916. The molecule has 0 fully saturated rings. The topological polar surface area (TPSA) is 119 Å². The fraction of sp³-hybridized carbons (Fsp3) is 0.100. The molecule has 2 aromatic carbocycles. The number of amides is 1. The molecule has 0 radical (unpaired) electrons. The van der Waals surface area contributed by atoms with Crippen molar-refractivity contribution in [2.45, 2.75) is 0 Å². The number of ether oxygens (including phenoxy) is 2. The van der Waals surface area contributed by atoms with Crippen molar-refractivity contribution in [3.63, 3.8) is 0 Å². The highest BCUT2D eigenvalue weighted by Crippen LogP contribution is 2.18. The van der Waals surface area contributed by atoms with Gasteiger partial charge in [-0.2, -0.15) is 0 Å². The van der Waals surface area contributed by atoms with E-state index in [-0.39, 0.29) is 5.56 Å². The summed E-state index contributed by atoms with van der Waals surface area (Å²) in [4.78, 5) is 46.1. The average molecular weight is 383 g/mol. The molecule has 0 saturated heterocycles. The average Bonchev–Trinajstić information content (AvgIpc) is 2.70. The SMILES string of the molecule is COc1ccccc1C(=O)COC(=O)c1ccc(NC(=O)C=CC(=O)O)cc1. The lowest BCUT2D eigenvalue weighted by Gasteiger charge is -2.08. The van der Waals surface area contributed by atoms with Gasteiger partial charge in [0.25, 0.3) is 0 Å². The van der Waals surface area contributed by atoms with Crippen molar-refractivity contribution >= 4 is 29.3 Å². The Labute approximate surface area is 160 Å². The van der Waals surface area contributed by atoms with Crippen LogP contribution < -0.4 is 10.1 Å². The van der Waals surface area contributed by atoms with Gasteiger partial charge in [0, 0.05) is 17.8 Å². The number of carboxylic acid groups (broad SMARTS) is 1. The second kappa shape index (κ2) is 9.67. The third-order valence-corrected chi connectivity index (χ3v) is 3.51. The van der Waals surface area contributed by atoms with Crippen molar-refractivity contribution in [3.8, 4) is 5.75 Å². The first-order chi connectivity index (χ1) is 13.4. The van der Waals surface area contributed by atoms with Gasteiger partial charge >= 0.3 is 11.9 Å². The minimum absolute atomic E-state index is 0.187. The second-order valence-corrected chi connectivity index (χ2v) is 5.44. The molecule has 0 atom stereocenters. The third-order valence-electron chi connectivity index (χ3n) is 3.51. The van der Waals surface area contributed by atoms with E-state index in [0.717, 1.165) is 6.08 Å². The van der Waals surface area contributed by atoms with E-state index in [0.29, 0.717) is 23.1 Å². The number of hydrogen-bond donors (Lipinski definition) is 2. The highest BCUT2D eigenvalue weighted by Gasteiger charge is 2.15. The normalized spacial score (nSPS) is 10.3. The zero-order valence-corrected chi connectivity index (χ0v) is 14.9. The summed E-state index contributed by atoms with van der Waals surface area (Å²) in [6.07, 6.45) is 1.58. The zero-order valence-electron chi connectivity index (χ0n) is 14.9. The highest BCUT2D eigenvalue weighted by atomic mass is 16.5. The van der Waals surface area contributed by atoms with E-state index in [1.54, 1.807) is 24.3 Å². The molecule has 0 unspecified atom stereocenters. The summed E-state index contributed by atoms with van der Waals surface area (Å²) in [6, 6.07) is 12.3. The second-order valence-electron chi connectivity index (χ2n) is 5.44. The van der Waals surface area contributed by atoms with E-state index in [1.807, 2.05) is 0 Å². The number of esters is 1. The molecule has 2 rings (SSSR count). The van der Waals surface area contributed by atoms with Gasteiger partial charge < -0.3 is 19.9 Å². The first-order valence-electron chi connectivity index (χ1n) is 8.06. The van der Waals surface area contributed by atoms with Crippen LogP contribution in [0.1, 0.15) is 20.7 Å². The molecular formula is C20H17NO7. The lowest BCUT2D eigenvalue weighted by Crippen LogP contribution is -2.15. The van der Waals surface area contributed by atoms with Crippen LogP contribution in [-0.4, -0.2) is 42.5 Å². The van der Waals surface area contributed by atoms with Crippen molar-refractivity contribution in [1.29, 1.82) is 0 Å². The van der Waals surface area contributed by atoms with Gasteiger partial charge in [-0.3, -0.25) is 9.59 Å². The molecule has 0 bridgehead atoms. The lowest BCUT2D eigenvalue weighted by atomic mass is 10.1. The number of carboxylic acids is 1. The van der Waals surface area contributed by atoms with Crippen LogP contribution in [0.2, 0.25) is 0 Å². The fourth-order valence-corrected chi connectivity index (χ4v) is 2.19. The van der Waals surface area contributed by atoms with Crippen LogP contribution in [0, 0.1) is 0 Å². The molecule has 0 aliphatic heterocycles. The molecule has 0 spiro atoms. The molecular weight excluding hydrogens is 366 g/mol. The highest BCUT2D eigenvalue weighted by molar-refractivity contribution is 6.03. The van der Waals surface area contributed by atoms with Crippen LogP contribution in [-0.2, 0) is 14.3 Å². The van der Waals surface area contributed by atoms with E-state index in [4.69, 9.17) is 14.6 Å². The van der Waals surface area contributed by atoms with E-state index >= 15 is 0 Å². The maximum atomic E-state index is 12.2. The van der Waals surface area contributed by atoms with Gasteiger partial charge in [-0.05, 0) is 36.4 Å². The molecule has 0 aliphatic rings. The standard InChI is InChI=1S/C20H17NO7/c1-27-17-5-3-2-4-15(17)16(22)12-28-20(26)13-6-8-14(9-7-13)21-18(23)10-11-19(24)25/h2-11H,12H2,1H3,(H,21,23)(H,24,25). The number of benzene rings is 2. The minimum Gasteiger partial charge on any atom is -0.496 e. The van der Waals surface area contributed by atoms with Crippen LogP contribution in [0.4, 0.5) is 5.69 Å². The molecule has 0 aliphatic carbocycles. The summed E-state index contributed by atoms with van der Waals surface area (Å²) in [5.74, 6) is -2.58. The number of nitrogens with one attached hydrogen (secondary N) is 1. The monoisotopic (exact) mass is 383 g/mol. The quantitative estimate of drug-likeness (QED) is 0.408. The number of aliphatic carboxylic acids is 1. The van der Waals surface area contributed by atoms with E-state index in [9.17, 15) is 19.2 Å². The van der Waals surface area contributed by atoms with Crippen molar-refractivity contribution < 1.29 is 33.8 Å². The van der Waals surface area contributed by atoms with Crippen LogP contribution in [0.5, 0.6) is 5.75 Å². The Hall–Kier alpha value is -3.94. The molecule has 144 valence electrons. The van der Waals surface area contributed by atoms with Gasteiger partial charge in [0.15, 0.2) is 6.61 Å². The van der Waals surface area contributed by atoms with Crippen molar-refractivity contribution in [2.24, 2.45) is 0 Å². The number of ketones is 1. The minimum atomic E-state index is -1.24. The van der Waals surface area contributed by atoms with Gasteiger partial charge in [0.2, 0.25) is 11.7 Å². The zero-order chi connectivity index (χ0) is 20.5. The maximum absolute atomic E-state index is 12.2.